The highest BCUT2D eigenvalue weighted by atomic mass is 16.3. The van der Waals surface area contributed by atoms with Crippen LogP contribution in [0.5, 0.6) is 17.2 Å². The molecule has 3 fully saturated rings. The minimum absolute atomic E-state index is 0.223. The van der Waals surface area contributed by atoms with Gasteiger partial charge in [0.2, 0.25) is 0 Å². The van der Waals surface area contributed by atoms with Crippen molar-refractivity contribution in [2.24, 2.45) is 0 Å². The van der Waals surface area contributed by atoms with E-state index in [1.165, 1.54) is 44.8 Å². The van der Waals surface area contributed by atoms with Crippen molar-refractivity contribution in [3.05, 3.63) is 125 Å². The molecule has 0 aromatic heterocycles. The number of hydrogen-bond acceptors (Lipinski definition) is 5. The van der Waals surface area contributed by atoms with Gasteiger partial charge in [0.1, 0.15) is 17.2 Å². The van der Waals surface area contributed by atoms with Gasteiger partial charge in [-0.1, -0.05) is 74.5 Å². The Labute approximate surface area is 238 Å². The minimum atomic E-state index is -0.470. The van der Waals surface area contributed by atoms with Crippen LogP contribution in [-0.2, 0) is 10.8 Å². The first-order chi connectivity index (χ1) is 19.2. The zero-order chi connectivity index (χ0) is 28.3. The molecule has 3 aliphatic heterocycles. The van der Waals surface area contributed by atoms with Gasteiger partial charge in [0, 0.05) is 50.1 Å². The van der Waals surface area contributed by atoms with Crippen LogP contribution in [0, 0.1) is 0 Å². The lowest BCUT2D eigenvalue weighted by Crippen LogP contribution is -2.55. The highest BCUT2D eigenvalue weighted by Crippen LogP contribution is 2.41. The fourth-order valence-corrected chi connectivity index (χ4v) is 5.87. The van der Waals surface area contributed by atoms with Crippen LogP contribution in [-0.4, -0.2) is 64.4 Å². The van der Waals surface area contributed by atoms with E-state index in [4.69, 9.17) is 0 Å². The molecule has 5 heteroatoms. The van der Waals surface area contributed by atoms with Crippen LogP contribution in [0.15, 0.2) is 97.1 Å². The lowest BCUT2D eigenvalue weighted by molar-refractivity contribution is 0.0647. The molecule has 3 saturated heterocycles. The molecule has 40 heavy (non-hydrogen) atoms. The zero-order valence-electron chi connectivity index (χ0n) is 23.7. The van der Waals surface area contributed by atoms with Crippen LogP contribution in [0.4, 0.5) is 0 Å². The van der Waals surface area contributed by atoms with E-state index in [0.717, 1.165) is 22.3 Å². The van der Waals surface area contributed by atoms with Crippen LogP contribution in [0.2, 0.25) is 0 Å². The SMILES string of the molecule is C1CN2CCN1CC2.CC(C)(c1ccc(O)cc1)c1ccc(C(C)(c2ccc(O)cc2)c2ccc(O)cc2)cc1. The van der Waals surface area contributed by atoms with Crippen molar-refractivity contribution in [2.45, 2.75) is 31.6 Å². The summed E-state index contributed by atoms with van der Waals surface area (Å²) in [6.07, 6.45) is 0. The highest BCUT2D eigenvalue weighted by Gasteiger charge is 2.32. The molecule has 3 aliphatic rings. The van der Waals surface area contributed by atoms with Crippen LogP contribution >= 0.6 is 0 Å². The second-order valence-corrected chi connectivity index (χ2v) is 11.7. The van der Waals surface area contributed by atoms with Crippen molar-refractivity contribution < 1.29 is 15.3 Å². The van der Waals surface area contributed by atoms with Gasteiger partial charge in [0.05, 0.1) is 0 Å². The summed E-state index contributed by atoms with van der Waals surface area (Å²) in [5.41, 5.74) is 4.81. The van der Waals surface area contributed by atoms with Crippen molar-refractivity contribution in [3.63, 3.8) is 0 Å². The third-order valence-electron chi connectivity index (χ3n) is 8.86. The van der Waals surface area contributed by atoms with Gasteiger partial charge in [0.15, 0.2) is 0 Å². The van der Waals surface area contributed by atoms with E-state index in [1.54, 1.807) is 36.4 Å². The van der Waals surface area contributed by atoms with E-state index in [-0.39, 0.29) is 22.7 Å². The van der Waals surface area contributed by atoms with Gasteiger partial charge in [-0.05, 0) is 71.1 Å². The largest absolute Gasteiger partial charge is 0.508 e. The summed E-state index contributed by atoms with van der Waals surface area (Å²) in [5, 5.41) is 29.2. The Morgan fingerprint density at radius 2 is 0.625 bits per heavy atom. The molecule has 5 nitrogen and oxygen atoms in total. The molecular formula is C35H40N2O3. The first-order valence-electron chi connectivity index (χ1n) is 14.1. The second-order valence-electron chi connectivity index (χ2n) is 11.7. The number of nitrogens with zero attached hydrogens (tertiary/aromatic N) is 2. The van der Waals surface area contributed by atoms with Crippen molar-refractivity contribution >= 4 is 0 Å². The number of hydrogen-bond donors (Lipinski definition) is 3. The summed E-state index contributed by atoms with van der Waals surface area (Å²) in [4.78, 5) is 5.08. The molecule has 7 rings (SSSR count). The van der Waals surface area contributed by atoms with Gasteiger partial charge in [-0.25, -0.2) is 0 Å². The van der Waals surface area contributed by atoms with Crippen LogP contribution in [0.1, 0.15) is 48.6 Å². The minimum Gasteiger partial charge on any atom is -0.508 e. The number of phenolic OH excluding ortho intramolecular Hbond substituents is 3. The first-order valence-corrected chi connectivity index (χ1v) is 14.1. The summed E-state index contributed by atoms with van der Waals surface area (Å²) in [7, 11) is 0. The van der Waals surface area contributed by atoms with Gasteiger partial charge in [-0.15, -0.1) is 0 Å². The predicted molar refractivity (Wildman–Crippen MR) is 161 cm³/mol. The van der Waals surface area contributed by atoms with Crippen LogP contribution < -0.4 is 0 Å². The van der Waals surface area contributed by atoms with Crippen LogP contribution in [0.25, 0.3) is 0 Å². The van der Waals surface area contributed by atoms with Gasteiger partial charge < -0.3 is 15.3 Å². The lowest BCUT2D eigenvalue weighted by Gasteiger charge is -2.41. The molecule has 0 saturated carbocycles. The first kappa shape index (κ1) is 27.8. The average Bonchev–Trinajstić information content (AvgIpc) is 2.99. The number of rotatable bonds is 5. The molecule has 0 aliphatic carbocycles. The summed E-state index contributed by atoms with van der Waals surface area (Å²) < 4.78 is 0. The molecule has 3 N–H and O–H groups in total. The Morgan fingerprint density at radius 1 is 0.400 bits per heavy atom. The van der Waals surface area contributed by atoms with Crippen molar-refractivity contribution in [1.29, 1.82) is 0 Å². The third kappa shape index (κ3) is 5.72. The average molecular weight is 537 g/mol. The fraction of sp³-hybridized carbons (Fsp3) is 0.314. The molecule has 0 spiro atoms. The summed E-state index contributed by atoms with van der Waals surface area (Å²) in [6, 6.07) is 30.5. The Morgan fingerprint density at radius 3 is 0.900 bits per heavy atom. The molecule has 0 atom stereocenters. The topological polar surface area (TPSA) is 67.2 Å². The van der Waals surface area contributed by atoms with Gasteiger partial charge in [-0.2, -0.15) is 0 Å². The molecule has 4 aromatic carbocycles. The van der Waals surface area contributed by atoms with Crippen molar-refractivity contribution in [2.75, 3.05) is 39.3 Å². The normalized spacial score (nSPS) is 18.6. The van der Waals surface area contributed by atoms with Gasteiger partial charge >= 0.3 is 0 Å². The maximum Gasteiger partial charge on any atom is 0.115 e. The van der Waals surface area contributed by atoms with E-state index in [1.807, 2.05) is 36.4 Å². The Kier molecular flexibility index (Phi) is 7.88. The van der Waals surface area contributed by atoms with Gasteiger partial charge in [0.25, 0.3) is 0 Å². The molecule has 208 valence electrons. The molecular weight excluding hydrogens is 496 g/mol. The number of fused-ring (bicyclic) bond motifs is 3. The second kappa shape index (κ2) is 11.4. The number of benzene rings is 4. The molecule has 2 bridgehead atoms. The lowest BCUT2D eigenvalue weighted by atomic mass is 9.70. The van der Waals surface area contributed by atoms with E-state index < -0.39 is 5.41 Å². The monoisotopic (exact) mass is 536 g/mol. The summed E-state index contributed by atoms with van der Waals surface area (Å²) >= 11 is 0. The van der Waals surface area contributed by atoms with E-state index in [0.29, 0.717) is 0 Å². The maximum absolute atomic E-state index is 9.80. The number of aromatic hydroxyl groups is 3. The Hall–Kier alpha value is -3.80. The molecule has 4 aromatic rings. The quantitative estimate of drug-likeness (QED) is 0.269. The Bertz CT molecular complexity index is 1320. The molecule has 0 amide bonds. The Balaban J connectivity index is 0.000000341. The zero-order valence-corrected chi connectivity index (χ0v) is 23.7. The molecule has 3 heterocycles. The fourth-order valence-electron chi connectivity index (χ4n) is 5.87. The standard InChI is InChI=1S/C29H28O3.C6H12N2/c1-28(2,21-8-14-25(30)15-9-21)20-4-6-22(7-5-20)29(3,23-10-16-26(31)17-11-23)24-12-18-27(32)19-13-24;1-2-8-5-3-7(1)4-6-8/h4-19,30-32H,1-3H3;1-6H2. The van der Waals surface area contributed by atoms with E-state index >= 15 is 0 Å². The summed E-state index contributed by atoms with van der Waals surface area (Å²) in [5.74, 6) is 0.721. The molecule has 0 radical (unpaired) electrons. The van der Waals surface area contributed by atoms with Crippen LogP contribution in [0.3, 0.4) is 0 Å². The highest BCUT2D eigenvalue weighted by molar-refractivity contribution is 5.52. The van der Waals surface area contributed by atoms with Crippen molar-refractivity contribution in [1.82, 2.24) is 9.80 Å². The van der Waals surface area contributed by atoms with Crippen molar-refractivity contribution in [3.8, 4) is 17.2 Å². The summed E-state index contributed by atoms with van der Waals surface area (Å²) in [6.45, 7) is 14.4. The smallest absolute Gasteiger partial charge is 0.115 e. The van der Waals surface area contributed by atoms with E-state index in [9.17, 15) is 15.3 Å². The number of piperazine rings is 3. The number of phenols is 3. The maximum atomic E-state index is 9.80. The van der Waals surface area contributed by atoms with Gasteiger partial charge in [-0.3, -0.25) is 9.80 Å². The molecule has 0 unspecified atom stereocenters. The third-order valence-corrected chi connectivity index (χ3v) is 8.86. The predicted octanol–water partition coefficient (Wildman–Crippen LogP) is 6.10. The van der Waals surface area contributed by atoms with E-state index in [2.05, 4.69) is 54.8 Å².